The van der Waals surface area contributed by atoms with Crippen LogP contribution in [-0.4, -0.2) is 48.3 Å². The number of fused-ring (bicyclic) bond motifs is 1. The highest BCUT2D eigenvalue weighted by Gasteiger charge is 2.42. The number of rotatable bonds is 5. The van der Waals surface area contributed by atoms with E-state index in [0.717, 1.165) is 32.2 Å². The highest BCUT2D eigenvalue weighted by molar-refractivity contribution is 7.09. The minimum Gasteiger partial charge on any atom is -0.345 e. The predicted octanol–water partition coefficient (Wildman–Crippen LogP) is 2.79. The summed E-state index contributed by atoms with van der Waals surface area (Å²) in [5, 5.41) is 2.09. The number of aryl methyl sites for hydroxylation is 1. The van der Waals surface area contributed by atoms with Crippen molar-refractivity contribution in [3.8, 4) is 0 Å². The molecule has 23 heavy (non-hydrogen) atoms. The minimum atomic E-state index is 0.255. The Balaban J connectivity index is 1.47. The first-order valence-electron chi connectivity index (χ1n) is 8.56. The van der Waals surface area contributed by atoms with E-state index in [1.54, 1.807) is 11.3 Å². The normalized spacial score (nSPS) is 27.1. The Labute approximate surface area is 142 Å². The van der Waals surface area contributed by atoms with Gasteiger partial charge in [0.25, 0.3) is 0 Å². The zero-order chi connectivity index (χ0) is 16.4. The number of likely N-dealkylation sites (tertiary alicyclic amines) is 1. The number of amides is 2. The number of carbonyl (C=O) groups is 2. The minimum absolute atomic E-state index is 0.255. The predicted molar refractivity (Wildman–Crippen MR) is 92.3 cm³/mol. The first-order chi connectivity index (χ1) is 11.0. The average molecular weight is 334 g/mol. The second-order valence-electron chi connectivity index (χ2n) is 7.06. The molecule has 3 rings (SSSR count). The van der Waals surface area contributed by atoms with Crippen molar-refractivity contribution in [2.45, 2.75) is 44.6 Å². The molecule has 1 aliphatic heterocycles. The fraction of sp³-hybridized carbons (Fsp3) is 0.667. The van der Waals surface area contributed by atoms with Crippen LogP contribution in [0.3, 0.4) is 0 Å². The zero-order valence-electron chi connectivity index (χ0n) is 14.0. The SMILES string of the molecule is CN1C[C@@H]2C[C@H](N(C)C(=O)CCCc3cccs3)C[C@@H]2CC1=O. The molecule has 1 saturated carbocycles. The van der Waals surface area contributed by atoms with Crippen molar-refractivity contribution in [3.63, 3.8) is 0 Å². The van der Waals surface area contributed by atoms with Crippen LogP contribution in [0.2, 0.25) is 0 Å². The van der Waals surface area contributed by atoms with E-state index in [0.29, 0.717) is 30.7 Å². The van der Waals surface area contributed by atoms with Crippen molar-refractivity contribution in [2.75, 3.05) is 20.6 Å². The van der Waals surface area contributed by atoms with E-state index in [9.17, 15) is 9.59 Å². The molecular weight excluding hydrogens is 308 g/mol. The molecule has 4 nitrogen and oxygen atoms in total. The second-order valence-corrected chi connectivity index (χ2v) is 8.09. The maximum absolute atomic E-state index is 12.4. The molecule has 2 aliphatic rings. The van der Waals surface area contributed by atoms with Gasteiger partial charge in [-0.3, -0.25) is 9.59 Å². The Hall–Kier alpha value is -1.36. The quantitative estimate of drug-likeness (QED) is 0.831. The third-order valence-corrected chi connectivity index (χ3v) is 6.46. The number of hydrogen-bond donors (Lipinski definition) is 0. The van der Waals surface area contributed by atoms with Gasteiger partial charge < -0.3 is 9.80 Å². The average Bonchev–Trinajstić information content (AvgIpc) is 3.16. The topological polar surface area (TPSA) is 40.6 Å². The number of carbonyl (C=O) groups excluding carboxylic acids is 2. The number of piperidine rings is 1. The van der Waals surface area contributed by atoms with Gasteiger partial charge in [-0.1, -0.05) is 6.07 Å². The van der Waals surface area contributed by atoms with Crippen LogP contribution in [0, 0.1) is 11.8 Å². The number of hydrogen-bond acceptors (Lipinski definition) is 3. The lowest BCUT2D eigenvalue weighted by Gasteiger charge is -2.31. The summed E-state index contributed by atoms with van der Waals surface area (Å²) in [4.78, 5) is 29.5. The van der Waals surface area contributed by atoms with Gasteiger partial charge in [0, 0.05) is 44.4 Å². The molecule has 2 amide bonds. The van der Waals surface area contributed by atoms with Gasteiger partial charge in [-0.15, -0.1) is 11.3 Å². The van der Waals surface area contributed by atoms with Crippen molar-refractivity contribution in [1.29, 1.82) is 0 Å². The Kier molecular flexibility index (Phi) is 5.05. The molecule has 3 atom stereocenters. The third-order valence-electron chi connectivity index (χ3n) is 5.52. The van der Waals surface area contributed by atoms with Crippen molar-refractivity contribution in [2.24, 2.45) is 11.8 Å². The largest absolute Gasteiger partial charge is 0.345 e. The molecule has 0 unspecified atom stereocenters. The van der Waals surface area contributed by atoms with Crippen molar-refractivity contribution in [1.82, 2.24) is 9.80 Å². The summed E-state index contributed by atoms with van der Waals surface area (Å²) in [7, 11) is 3.84. The summed E-state index contributed by atoms with van der Waals surface area (Å²) in [6, 6.07) is 4.51. The Morgan fingerprint density at radius 1 is 1.39 bits per heavy atom. The Bertz CT molecular complexity index is 557. The molecule has 0 N–H and O–H groups in total. The standard InChI is InChI=1S/C18H26N2O2S/c1-19-12-14-10-15(9-13(14)11-18(19)22)20(2)17(21)7-3-5-16-6-4-8-23-16/h4,6,8,13-15H,3,5,7,9-12H2,1-2H3/t13-,14+,15-/m1/s1. The van der Waals surface area contributed by atoms with Gasteiger partial charge in [0.05, 0.1) is 0 Å². The van der Waals surface area contributed by atoms with Crippen molar-refractivity contribution >= 4 is 23.2 Å². The van der Waals surface area contributed by atoms with Crippen LogP contribution in [0.4, 0.5) is 0 Å². The second kappa shape index (κ2) is 7.04. The van der Waals surface area contributed by atoms with E-state index in [4.69, 9.17) is 0 Å². The summed E-state index contributed by atoms with van der Waals surface area (Å²) in [5.41, 5.74) is 0. The first kappa shape index (κ1) is 16.5. The lowest BCUT2D eigenvalue weighted by atomic mass is 9.88. The van der Waals surface area contributed by atoms with Gasteiger partial charge in [0.15, 0.2) is 0 Å². The van der Waals surface area contributed by atoms with Crippen LogP contribution in [0.25, 0.3) is 0 Å². The summed E-state index contributed by atoms with van der Waals surface area (Å²) in [6.45, 7) is 0.862. The number of thiophene rings is 1. The van der Waals surface area contributed by atoms with Gasteiger partial charge >= 0.3 is 0 Å². The monoisotopic (exact) mass is 334 g/mol. The molecule has 1 aromatic rings. The molecule has 0 radical (unpaired) electrons. The molecule has 1 aliphatic carbocycles. The molecule has 5 heteroatoms. The third kappa shape index (κ3) is 3.77. The van der Waals surface area contributed by atoms with E-state index in [1.165, 1.54) is 4.88 Å². The van der Waals surface area contributed by atoms with Crippen LogP contribution < -0.4 is 0 Å². The van der Waals surface area contributed by atoms with E-state index < -0.39 is 0 Å². The van der Waals surface area contributed by atoms with Gasteiger partial charge in [-0.25, -0.2) is 0 Å². The lowest BCUT2D eigenvalue weighted by Crippen LogP contribution is -2.39. The van der Waals surface area contributed by atoms with Crippen LogP contribution >= 0.6 is 11.3 Å². The zero-order valence-corrected chi connectivity index (χ0v) is 14.8. The van der Waals surface area contributed by atoms with E-state index in [-0.39, 0.29) is 11.8 Å². The van der Waals surface area contributed by atoms with Gasteiger partial charge in [0.2, 0.25) is 11.8 Å². The van der Waals surface area contributed by atoms with Gasteiger partial charge in [0.1, 0.15) is 0 Å². The highest BCUT2D eigenvalue weighted by atomic mass is 32.1. The molecule has 2 heterocycles. The van der Waals surface area contributed by atoms with Gasteiger partial charge in [-0.2, -0.15) is 0 Å². The molecule has 0 bridgehead atoms. The maximum Gasteiger partial charge on any atom is 0.222 e. The summed E-state index contributed by atoms with van der Waals surface area (Å²) in [6.07, 6.45) is 5.25. The molecule has 0 aromatic carbocycles. The molecule has 0 spiro atoms. The van der Waals surface area contributed by atoms with Crippen molar-refractivity contribution < 1.29 is 9.59 Å². The van der Waals surface area contributed by atoms with Crippen LogP contribution in [0.1, 0.15) is 37.0 Å². The van der Waals surface area contributed by atoms with Crippen LogP contribution in [-0.2, 0) is 16.0 Å². The lowest BCUT2D eigenvalue weighted by molar-refractivity contribution is -0.135. The van der Waals surface area contributed by atoms with Gasteiger partial charge in [-0.05, 0) is 49.0 Å². The van der Waals surface area contributed by atoms with Crippen LogP contribution in [0.5, 0.6) is 0 Å². The molecule has 1 saturated heterocycles. The fourth-order valence-electron chi connectivity index (χ4n) is 4.05. The molecular formula is C18H26N2O2S. The molecule has 2 fully saturated rings. The Morgan fingerprint density at radius 3 is 2.91 bits per heavy atom. The highest BCUT2D eigenvalue weighted by Crippen LogP contribution is 2.40. The van der Waals surface area contributed by atoms with Crippen LogP contribution in [0.15, 0.2) is 17.5 Å². The fourth-order valence-corrected chi connectivity index (χ4v) is 4.80. The first-order valence-corrected chi connectivity index (χ1v) is 9.44. The maximum atomic E-state index is 12.4. The van der Waals surface area contributed by atoms with Crippen molar-refractivity contribution in [3.05, 3.63) is 22.4 Å². The molecule has 1 aromatic heterocycles. The molecule has 126 valence electrons. The summed E-state index contributed by atoms with van der Waals surface area (Å²) < 4.78 is 0. The summed E-state index contributed by atoms with van der Waals surface area (Å²) >= 11 is 1.76. The summed E-state index contributed by atoms with van der Waals surface area (Å²) in [5.74, 6) is 1.57. The van der Waals surface area contributed by atoms with E-state index in [2.05, 4.69) is 17.5 Å². The van der Waals surface area contributed by atoms with E-state index in [1.807, 2.05) is 23.9 Å². The smallest absolute Gasteiger partial charge is 0.222 e. The Morgan fingerprint density at radius 2 is 2.17 bits per heavy atom. The van der Waals surface area contributed by atoms with E-state index >= 15 is 0 Å². The number of nitrogens with zero attached hydrogens (tertiary/aromatic N) is 2.